The van der Waals surface area contributed by atoms with Crippen LogP contribution in [-0.2, 0) is 14.8 Å². The van der Waals surface area contributed by atoms with Crippen LogP contribution in [0.5, 0.6) is 11.5 Å². The van der Waals surface area contributed by atoms with Crippen molar-refractivity contribution >= 4 is 44.8 Å². The number of halogens is 2. The number of carbonyl (C=O) groups is 1. The molecule has 0 spiro atoms. The molecule has 0 saturated carbocycles. The summed E-state index contributed by atoms with van der Waals surface area (Å²) in [4.78, 5) is 12.8. The number of sulfonamides is 1. The maximum absolute atomic E-state index is 13.3. The van der Waals surface area contributed by atoms with E-state index < -0.39 is 22.0 Å². The summed E-state index contributed by atoms with van der Waals surface area (Å²) in [6.07, 6.45) is -1.04. The molecule has 172 valence electrons. The summed E-state index contributed by atoms with van der Waals surface area (Å²) in [5.74, 6) is 0.355. The standard InChI is InChI=1S/C23H20Cl2N2O5S/c24-16-9-11-17(12-10-16)33(29,30)27-15-22(32-21-8-4-2-6-19(21)27)23(28)26-13-14-31-20-7-3-1-5-18(20)25/h1-12,22H,13-15H2,(H,26,28)/t22-/m1/s1. The zero-order valence-corrected chi connectivity index (χ0v) is 19.6. The molecule has 0 bridgehead atoms. The minimum atomic E-state index is -3.95. The van der Waals surface area contributed by atoms with Gasteiger partial charge < -0.3 is 14.8 Å². The van der Waals surface area contributed by atoms with Gasteiger partial charge in [0.15, 0.2) is 6.10 Å². The molecule has 0 unspecified atom stereocenters. The van der Waals surface area contributed by atoms with Crippen LogP contribution in [0.2, 0.25) is 10.0 Å². The Morgan fingerprint density at radius 1 is 1.03 bits per heavy atom. The first-order valence-electron chi connectivity index (χ1n) is 10.1. The number of fused-ring (bicyclic) bond motifs is 1. The van der Waals surface area contributed by atoms with E-state index in [1.54, 1.807) is 48.5 Å². The van der Waals surface area contributed by atoms with Crippen LogP contribution in [0.1, 0.15) is 0 Å². The number of para-hydroxylation sites is 3. The van der Waals surface area contributed by atoms with Gasteiger partial charge in [0, 0.05) is 5.02 Å². The average molecular weight is 507 g/mol. The molecule has 1 heterocycles. The van der Waals surface area contributed by atoms with Gasteiger partial charge in [-0.25, -0.2) is 8.42 Å². The Morgan fingerprint density at radius 2 is 1.73 bits per heavy atom. The van der Waals surface area contributed by atoms with Gasteiger partial charge in [-0.2, -0.15) is 0 Å². The van der Waals surface area contributed by atoms with Crippen LogP contribution in [0.3, 0.4) is 0 Å². The smallest absolute Gasteiger partial charge is 0.264 e. The number of hydrogen-bond acceptors (Lipinski definition) is 5. The number of ether oxygens (including phenoxy) is 2. The molecule has 0 saturated heterocycles. The normalized spacial score (nSPS) is 15.3. The second-order valence-electron chi connectivity index (χ2n) is 7.13. The fourth-order valence-electron chi connectivity index (χ4n) is 3.31. The van der Waals surface area contributed by atoms with Gasteiger partial charge in [0.05, 0.1) is 28.7 Å². The van der Waals surface area contributed by atoms with E-state index in [0.717, 1.165) is 0 Å². The third kappa shape index (κ3) is 5.19. The molecule has 3 aromatic rings. The molecule has 4 rings (SSSR count). The average Bonchev–Trinajstić information content (AvgIpc) is 2.82. The number of rotatable bonds is 7. The van der Waals surface area contributed by atoms with Crippen molar-refractivity contribution in [3.05, 3.63) is 82.8 Å². The molecule has 1 aliphatic heterocycles. The van der Waals surface area contributed by atoms with Gasteiger partial charge in [-0.3, -0.25) is 9.10 Å². The molecule has 10 heteroatoms. The lowest BCUT2D eigenvalue weighted by atomic mass is 10.2. The van der Waals surface area contributed by atoms with Gasteiger partial charge in [0.25, 0.3) is 15.9 Å². The van der Waals surface area contributed by atoms with Crippen molar-refractivity contribution in [1.82, 2.24) is 5.32 Å². The number of carbonyl (C=O) groups excluding carboxylic acids is 1. The van der Waals surface area contributed by atoms with Crippen LogP contribution in [0.25, 0.3) is 0 Å². The topological polar surface area (TPSA) is 84.9 Å². The maximum Gasteiger partial charge on any atom is 0.264 e. The Kier molecular flexibility index (Phi) is 6.97. The van der Waals surface area contributed by atoms with E-state index in [1.807, 2.05) is 0 Å². The van der Waals surface area contributed by atoms with Crippen molar-refractivity contribution in [3.8, 4) is 11.5 Å². The molecule has 1 N–H and O–H groups in total. The second-order valence-corrected chi connectivity index (χ2v) is 9.84. The number of amides is 1. The highest BCUT2D eigenvalue weighted by Crippen LogP contribution is 2.37. The third-order valence-corrected chi connectivity index (χ3v) is 7.28. The van der Waals surface area contributed by atoms with E-state index in [2.05, 4.69) is 5.32 Å². The first-order valence-corrected chi connectivity index (χ1v) is 12.2. The lowest BCUT2D eigenvalue weighted by Gasteiger charge is -2.34. The van der Waals surface area contributed by atoms with E-state index in [1.165, 1.54) is 28.6 Å². The van der Waals surface area contributed by atoms with Gasteiger partial charge in [0.2, 0.25) is 0 Å². The molecule has 1 amide bonds. The van der Waals surface area contributed by atoms with Crippen LogP contribution in [0, 0.1) is 0 Å². The fourth-order valence-corrected chi connectivity index (χ4v) is 5.10. The minimum absolute atomic E-state index is 0.0656. The lowest BCUT2D eigenvalue weighted by molar-refractivity contribution is -0.127. The molecule has 1 aliphatic rings. The highest BCUT2D eigenvalue weighted by Gasteiger charge is 2.37. The molecular formula is C23H20Cl2N2O5S. The summed E-state index contributed by atoms with van der Waals surface area (Å²) < 4.78 is 39.2. The van der Waals surface area contributed by atoms with E-state index >= 15 is 0 Å². The van der Waals surface area contributed by atoms with Crippen LogP contribution < -0.4 is 19.1 Å². The Bertz CT molecular complexity index is 1250. The van der Waals surface area contributed by atoms with E-state index in [4.69, 9.17) is 32.7 Å². The summed E-state index contributed by atoms with van der Waals surface area (Å²) in [5, 5.41) is 3.62. The fraction of sp³-hybridized carbons (Fsp3) is 0.174. The first kappa shape index (κ1) is 23.2. The van der Waals surface area contributed by atoms with Crippen molar-refractivity contribution in [2.45, 2.75) is 11.0 Å². The summed E-state index contributed by atoms with van der Waals surface area (Å²) in [5.41, 5.74) is 0.360. The SMILES string of the molecule is O=C(NCCOc1ccccc1Cl)[C@H]1CN(S(=O)(=O)c2ccc(Cl)cc2)c2ccccc2O1. The first-order chi connectivity index (χ1) is 15.9. The van der Waals surface area contributed by atoms with Crippen molar-refractivity contribution in [3.63, 3.8) is 0 Å². The van der Waals surface area contributed by atoms with Gasteiger partial charge in [-0.1, -0.05) is 47.5 Å². The van der Waals surface area contributed by atoms with Gasteiger partial charge in [-0.15, -0.1) is 0 Å². The highest BCUT2D eigenvalue weighted by molar-refractivity contribution is 7.92. The van der Waals surface area contributed by atoms with Crippen molar-refractivity contribution in [1.29, 1.82) is 0 Å². The Hall–Kier alpha value is -2.94. The molecule has 0 aromatic heterocycles. The summed E-state index contributed by atoms with van der Waals surface area (Å²) in [6, 6.07) is 19.6. The molecular weight excluding hydrogens is 487 g/mol. The lowest BCUT2D eigenvalue weighted by Crippen LogP contribution is -2.51. The van der Waals surface area contributed by atoms with Crippen LogP contribution in [0.4, 0.5) is 5.69 Å². The summed E-state index contributed by atoms with van der Waals surface area (Å²) in [6.45, 7) is 0.195. The molecule has 0 fully saturated rings. The summed E-state index contributed by atoms with van der Waals surface area (Å²) >= 11 is 12.0. The zero-order valence-electron chi connectivity index (χ0n) is 17.3. The second kappa shape index (κ2) is 9.91. The van der Waals surface area contributed by atoms with E-state index in [-0.39, 0.29) is 24.6 Å². The zero-order chi connectivity index (χ0) is 23.4. The molecule has 0 aliphatic carbocycles. The van der Waals surface area contributed by atoms with Crippen LogP contribution in [0.15, 0.2) is 77.7 Å². The summed E-state index contributed by atoms with van der Waals surface area (Å²) in [7, 11) is -3.95. The van der Waals surface area contributed by atoms with Crippen molar-refractivity contribution in [2.75, 3.05) is 24.0 Å². The minimum Gasteiger partial charge on any atom is -0.490 e. The number of hydrogen-bond donors (Lipinski definition) is 1. The Morgan fingerprint density at radius 3 is 2.48 bits per heavy atom. The predicted octanol–water partition coefficient (Wildman–Crippen LogP) is 4.14. The van der Waals surface area contributed by atoms with Crippen LogP contribution in [-0.4, -0.2) is 40.1 Å². The van der Waals surface area contributed by atoms with Crippen molar-refractivity contribution in [2.24, 2.45) is 0 Å². The Balaban J connectivity index is 1.47. The maximum atomic E-state index is 13.3. The number of nitrogens with one attached hydrogen (secondary N) is 1. The molecule has 33 heavy (non-hydrogen) atoms. The molecule has 7 nitrogen and oxygen atoms in total. The number of nitrogens with zero attached hydrogens (tertiary/aromatic N) is 1. The Labute approximate surface area is 201 Å². The number of benzene rings is 3. The highest BCUT2D eigenvalue weighted by atomic mass is 35.5. The van der Waals surface area contributed by atoms with Gasteiger partial charge in [0.1, 0.15) is 18.1 Å². The molecule has 3 aromatic carbocycles. The third-order valence-electron chi connectivity index (χ3n) is 4.92. The quantitative estimate of drug-likeness (QED) is 0.486. The molecule has 1 atom stereocenters. The monoisotopic (exact) mass is 506 g/mol. The largest absolute Gasteiger partial charge is 0.490 e. The number of anilines is 1. The van der Waals surface area contributed by atoms with E-state index in [9.17, 15) is 13.2 Å². The van der Waals surface area contributed by atoms with Crippen LogP contribution >= 0.6 is 23.2 Å². The van der Waals surface area contributed by atoms with Gasteiger partial charge >= 0.3 is 0 Å². The van der Waals surface area contributed by atoms with Gasteiger partial charge in [-0.05, 0) is 48.5 Å². The predicted molar refractivity (Wildman–Crippen MR) is 127 cm³/mol. The molecule has 0 radical (unpaired) electrons. The van der Waals surface area contributed by atoms with E-state index in [0.29, 0.717) is 27.2 Å². The van der Waals surface area contributed by atoms with Crippen molar-refractivity contribution < 1.29 is 22.7 Å².